The van der Waals surface area contributed by atoms with E-state index in [9.17, 15) is 0 Å². The smallest absolute Gasteiger partial charge is 0.105 e. The number of halogens is 2. The summed E-state index contributed by atoms with van der Waals surface area (Å²) < 4.78 is -0.138. The summed E-state index contributed by atoms with van der Waals surface area (Å²) in [6.07, 6.45) is 2.56. The van der Waals surface area contributed by atoms with Gasteiger partial charge in [-0.25, -0.2) is 0 Å². The Bertz CT molecular complexity index is 336. The number of benzene rings is 1. The van der Waals surface area contributed by atoms with Crippen LogP contribution in [0.1, 0.15) is 24.3 Å². The quantitative estimate of drug-likeness (QED) is 0.670. The lowest BCUT2D eigenvalue weighted by atomic mass is 10.1. The Balaban J connectivity index is 1.98. The molecule has 2 aliphatic rings. The van der Waals surface area contributed by atoms with Gasteiger partial charge in [0.05, 0.1) is 0 Å². The molecule has 13 heavy (non-hydrogen) atoms. The predicted octanol–water partition coefficient (Wildman–Crippen LogP) is 3.89. The van der Waals surface area contributed by atoms with Crippen LogP contribution in [0.15, 0.2) is 30.3 Å². The van der Waals surface area contributed by atoms with Gasteiger partial charge in [-0.3, -0.25) is 0 Å². The van der Waals surface area contributed by atoms with Crippen molar-refractivity contribution in [2.24, 2.45) is 5.41 Å². The number of hydrogen-bond acceptors (Lipinski definition) is 0. The normalized spacial score (nSPS) is 39.1. The first-order chi connectivity index (χ1) is 6.18. The maximum Gasteiger partial charge on any atom is 0.113 e. The van der Waals surface area contributed by atoms with Crippen LogP contribution in [0.3, 0.4) is 0 Å². The Kier molecular flexibility index (Phi) is 1.48. The molecule has 2 aliphatic carbocycles. The fraction of sp³-hybridized carbons (Fsp3) is 0.455. The summed E-state index contributed by atoms with van der Waals surface area (Å²) in [5.74, 6) is 0.530. The summed E-state index contributed by atoms with van der Waals surface area (Å²) in [4.78, 5) is 0. The minimum atomic E-state index is -0.138. The van der Waals surface area contributed by atoms with E-state index < -0.39 is 0 Å². The van der Waals surface area contributed by atoms with Gasteiger partial charge in [-0.2, -0.15) is 0 Å². The highest BCUT2D eigenvalue weighted by Gasteiger charge is 2.81. The van der Waals surface area contributed by atoms with Crippen molar-refractivity contribution in [2.75, 3.05) is 0 Å². The molecule has 0 amide bonds. The largest absolute Gasteiger partial charge is 0.113 e. The number of rotatable bonds is 1. The Morgan fingerprint density at radius 2 is 1.85 bits per heavy atom. The van der Waals surface area contributed by atoms with E-state index in [1.54, 1.807) is 0 Å². The van der Waals surface area contributed by atoms with Gasteiger partial charge >= 0.3 is 0 Å². The second-order valence-corrected chi connectivity index (χ2v) is 6.43. The van der Waals surface area contributed by atoms with Gasteiger partial charge in [0, 0.05) is 11.3 Å². The van der Waals surface area contributed by atoms with Gasteiger partial charge < -0.3 is 0 Å². The highest BCUT2D eigenvalue weighted by Crippen LogP contribution is 2.86. The van der Waals surface area contributed by atoms with Gasteiger partial charge in [-0.05, 0) is 18.4 Å². The lowest BCUT2D eigenvalue weighted by Gasteiger charge is -1.98. The van der Waals surface area contributed by atoms with Crippen LogP contribution in [-0.4, -0.2) is 3.78 Å². The molecule has 2 unspecified atom stereocenters. The monoisotopic (exact) mass is 256 g/mol. The van der Waals surface area contributed by atoms with Crippen LogP contribution in [0.4, 0.5) is 0 Å². The summed E-state index contributed by atoms with van der Waals surface area (Å²) >= 11 is 10.1. The van der Waals surface area contributed by atoms with Crippen molar-refractivity contribution in [2.45, 2.75) is 22.5 Å². The molecule has 0 radical (unpaired) electrons. The zero-order chi connectivity index (χ0) is 9.10. The molecular weight excluding hydrogens is 247 g/mol. The van der Waals surface area contributed by atoms with Gasteiger partial charge in [0.15, 0.2) is 0 Å². The molecule has 0 aromatic heterocycles. The van der Waals surface area contributed by atoms with Crippen molar-refractivity contribution in [3.05, 3.63) is 35.9 Å². The third kappa shape index (κ3) is 0.924. The standard InChI is InChI=1S/C11H10BrCl/c12-11(13)9(10(11)6-7-10)8-4-2-1-3-5-8/h1-5,9H,6-7H2. The summed E-state index contributed by atoms with van der Waals surface area (Å²) in [5, 5.41) is 0. The van der Waals surface area contributed by atoms with E-state index in [2.05, 4.69) is 46.3 Å². The summed E-state index contributed by atoms with van der Waals surface area (Å²) in [5.41, 5.74) is 1.78. The molecule has 1 aromatic carbocycles. The molecule has 2 saturated carbocycles. The van der Waals surface area contributed by atoms with Crippen LogP contribution in [0.5, 0.6) is 0 Å². The average molecular weight is 258 g/mol. The van der Waals surface area contributed by atoms with Crippen molar-refractivity contribution in [1.82, 2.24) is 0 Å². The van der Waals surface area contributed by atoms with E-state index in [1.807, 2.05) is 0 Å². The third-order valence-electron chi connectivity index (χ3n) is 3.42. The zero-order valence-corrected chi connectivity index (χ0v) is 9.48. The molecule has 1 aromatic rings. The number of hydrogen-bond donors (Lipinski definition) is 0. The van der Waals surface area contributed by atoms with Crippen LogP contribution in [0.2, 0.25) is 0 Å². The average Bonchev–Trinajstić information content (AvgIpc) is 2.95. The molecule has 0 saturated heterocycles. The molecule has 0 bridgehead atoms. The summed E-state index contributed by atoms with van der Waals surface area (Å²) in [6.45, 7) is 0. The minimum absolute atomic E-state index is 0.138. The van der Waals surface area contributed by atoms with Gasteiger partial charge in [-0.15, -0.1) is 11.6 Å². The molecule has 68 valence electrons. The maximum atomic E-state index is 6.41. The minimum Gasteiger partial charge on any atom is -0.105 e. The van der Waals surface area contributed by atoms with Gasteiger partial charge in [-0.1, -0.05) is 46.3 Å². The van der Waals surface area contributed by atoms with E-state index in [0.29, 0.717) is 11.3 Å². The molecule has 0 heterocycles. The number of alkyl halides is 2. The lowest BCUT2D eigenvalue weighted by Crippen LogP contribution is -1.88. The molecule has 2 heteroatoms. The first-order valence-electron chi connectivity index (χ1n) is 4.61. The summed E-state index contributed by atoms with van der Waals surface area (Å²) in [7, 11) is 0. The highest BCUT2D eigenvalue weighted by molar-refractivity contribution is 9.10. The van der Waals surface area contributed by atoms with Crippen molar-refractivity contribution >= 4 is 27.5 Å². The first kappa shape index (κ1) is 8.31. The molecule has 3 rings (SSSR count). The molecule has 1 spiro atoms. The highest BCUT2D eigenvalue weighted by atomic mass is 79.9. The fourth-order valence-corrected chi connectivity index (χ4v) is 4.23. The Morgan fingerprint density at radius 3 is 2.31 bits per heavy atom. The second-order valence-electron chi connectivity index (χ2n) is 4.12. The molecular formula is C11H10BrCl. The Hall–Kier alpha value is -0.0100. The zero-order valence-electron chi connectivity index (χ0n) is 7.13. The second kappa shape index (κ2) is 2.32. The Morgan fingerprint density at radius 1 is 1.23 bits per heavy atom. The topological polar surface area (TPSA) is 0 Å². The van der Waals surface area contributed by atoms with E-state index in [4.69, 9.17) is 11.6 Å². The van der Waals surface area contributed by atoms with Gasteiger partial charge in [0.2, 0.25) is 0 Å². The van der Waals surface area contributed by atoms with Crippen LogP contribution in [-0.2, 0) is 0 Å². The van der Waals surface area contributed by atoms with Crippen molar-refractivity contribution in [1.29, 1.82) is 0 Å². The van der Waals surface area contributed by atoms with E-state index >= 15 is 0 Å². The fourth-order valence-electron chi connectivity index (χ4n) is 2.44. The summed E-state index contributed by atoms with van der Waals surface area (Å²) in [6, 6.07) is 10.6. The molecule has 0 N–H and O–H groups in total. The van der Waals surface area contributed by atoms with Crippen molar-refractivity contribution < 1.29 is 0 Å². The molecule has 2 fully saturated rings. The van der Waals surface area contributed by atoms with E-state index in [1.165, 1.54) is 18.4 Å². The van der Waals surface area contributed by atoms with Crippen LogP contribution in [0, 0.1) is 5.41 Å². The lowest BCUT2D eigenvalue weighted by molar-refractivity contribution is 0.836. The SMILES string of the molecule is ClC1(Br)C(c2ccccc2)C12CC2. The molecule has 2 atom stereocenters. The molecule has 0 aliphatic heterocycles. The van der Waals surface area contributed by atoms with E-state index in [-0.39, 0.29) is 3.78 Å². The van der Waals surface area contributed by atoms with E-state index in [0.717, 1.165) is 0 Å². The van der Waals surface area contributed by atoms with Gasteiger partial charge in [0.1, 0.15) is 3.78 Å². The molecule has 0 nitrogen and oxygen atoms in total. The van der Waals surface area contributed by atoms with Crippen LogP contribution in [0.25, 0.3) is 0 Å². The Labute approximate surface area is 91.4 Å². The van der Waals surface area contributed by atoms with Crippen molar-refractivity contribution in [3.63, 3.8) is 0 Å². The van der Waals surface area contributed by atoms with Crippen molar-refractivity contribution in [3.8, 4) is 0 Å². The van der Waals surface area contributed by atoms with Crippen LogP contribution >= 0.6 is 27.5 Å². The van der Waals surface area contributed by atoms with Gasteiger partial charge in [0.25, 0.3) is 0 Å². The first-order valence-corrected chi connectivity index (χ1v) is 5.78. The predicted molar refractivity (Wildman–Crippen MR) is 58.4 cm³/mol. The van der Waals surface area contributed by atoms with Crippen LogP contribution < -0.4 is 0 Å². The third-order valence-corrected chi connectivity index (χ3v) is 5.26. The maximum absolute atomic E-state index is 6.41.